The second-order valence-electron chi connectivity index (χ2n) is 4.24. The molecule has 3 nitrogen and oxygen atoms in total. The molecule has 1 N–H and O–H groups in total. The van der Waals surface area contributed by atoms with Crippen molar-refractivity contribution in [3.8, 4) is 0 Å². The summed E-state index contributed by atoms with van der Waals surface area (Å²) in [5, 5.41) is 2.68. The van der Waals surface area contributed by atoms with E-state index in [2.05, 4.69) is 21.2 Å². The van der Waals surface area contributed by atoms with Crippen LogP contribution >= 0.6 is 15.9 Å². The second kappa shape index (κ2) is 6.52. The SMILES string of the molecule is Cc1ccc(/C=C/C(=O)NCc2cc(F)ccc2Br)o1. The van der Waals surface area contributed by atoms with Gasteiger partial charge in [0, 0.05) is 17.1 Å². The Balaban J connectivity index is 1.92. The summed E-state index contributed by atoms with van der Waals surface area (Å²) in [4.78, 5) is 11.6. The van der Waals surface area contributed by atoms with Gasteiger partial charge in [-0.15, -0.1) is 0 Å². The Morgan fingerprint density at radius 1 is 1.40 bits per heavy atom. The van der Waals surface area contributed by atoms with E-state index in [9.17, 15) is 9.18 Å². The van der Waals surface area contributed by atoms with Crippen molar-refractivity contribution >= 4 is 27.9 Å². The van der Waals surface area contributed by atoms with Gasteiger partial charge in [-0.1, -0.05) is 15.9 Å². The van der Waals surface area contributed by atoms with Gasteiger partial charge in [0.05, 0.1) is 0 Å². The van der Waals surface area contributed by atoms with Gasteiger partial charge in [-0.2, -0.15) is 0 Å². The molecule has 20 heavy (non-hydrogen) atoms. The van der Waals surface area contributed by atoms with Gasteiger partial charge in [0.25, 0.3) is 0 Å². The number of hydrogen-bond donors (Lipinski definition) is 1. The standard InChI is InChI=1S/C15H13BrFNO2/c1-10-2-4-13(20-10)5-7-15(19)18-9-11-8-12(17)3-6-14(11)16/h2-8H,9H2,1H3,(H,18,19)/b7-5+. The number of rotatable bonds is 4. The van der Waals surface area contributed by atoms with Crippen LogP contribution in [0.5, 0.6) is 0 Å². The molecule has 1 amide bonds. The van der Waals surface area contributed by atoms with Crippen LogP contribution in [0.4, 0.5) is 4.39 Å². The van der Waals surface area contributed by atoms with Gasteiger partial charge in [-0.05, 0) is 48.9 Å². The summed E-state index contributed by atoms with van der Waals surface area (Å²) >= 11 is 3.31. The molecule has 104 valence electrons. The first-order valence-corrected chi connectivity index (χ1v) is 6.80. The molecule has 0 radical (unpaired) electrons. The molecule has 2 aromatic rings. The smallest absolute Gasteiger partial charge is 0.244 e. The first-order chi connectivity index (χ1) is 9.54. The fraction of sp³-hybridized carbons (Fsp3) is 0.133. The van der Waals surface area contributed by atoms with Crippen molar-refractivity contribution in [2.45, 2.75) is 13.5 Å². The van der Waals surface area contributed by atoms with Crippen molar-refractivity contribution in [1.29, 1.82) is 0 Å². The molecule has 0 spiro atoms. The van der Waals surface area contributed by atoms with Crippen LogP contribution in [-0.4, -0.2) is 5.91 Å². The Morgan fingerprint density at radius 2 is 2.20 bits per heavy atom. The molecular weight excluding hydrogens is 325 g/mol. The van der Waals surface area contributed by atoms with E-state index in [0.29, 0.717) is 11.3 Å². The minimum absolute atomic E-state index is 0.249. The molecule has 1 aromatic carbocycles. The lowest BCUT2D eigenvalue weighted by Gasteiger charge is -2.05. The lowest BCUT2D eigenvalue weighted by molar-refractivity contribution is -0.116. The maximum atomic E-state index is 13.1. The minimum Gasteiger partial charge on any atom is -0.462 e. The molecule has 0 bridgehead atoms. The third-order valence-electron chi connectivity index (χ3n) is 2.62. The van der Waals surface area contributed by atoms with Crippen LogP contribution in [0.25, 0.3) is 6.08 Å². The average molecular weight is 338 g/mol. The van der Waals surface area contributed by atoms with Gasteiger partial charge in [-0.25, -0.2) is 4.39 Å². The van der Waals surface area contributed by atoms with Gasteiger partial charge in [0.15, 0.2) is 0 Å². The number of benzene rings is 1. The van der Waals surface area contributed by atoms with Crippen LogP contribution in [0, 0.1) is 12.7 Å². The van der Waals surface area contributed by atoms with Crippen LogP contribution in [0.1, 0.15) is 17.1 Å². The van der Waals surface area contributed by atoms with Crippen LogP contribution < -0.4 is 5.32 Å². The number of halogens is 2. The van der Waals surface area contributed by atoms with E-state index in [1.807, 2.05) is 13.0 Å². The third kappa shape index (κ3) is 4.06. The maximum absolute atomic E-state index is 13.1. The molecule has 1 heterocycles. The van der Waals surface area contributed by atoms with E-state index in [1.165, 1.54) is 18.2 Å². The van der Waals surface area contributed by atoms with Gasteiger partial charge < -0.3 is 9.73 Å². The van der Waals surface area contributed by atoms with Gasteiger partial charge in [0.2, 0.25) is 5.91 Å². The maximum Gasteiger partial charge on any atom is 0.244 e. The zero-order valence-corrected chi connectivity index (χ0v) is 12.4. The second-order valence-corrected chi connectivity index (χ2v) is 5.09. The summed E-state index contributed by atoms with van der Waals surface area (Å²) in [5.74, 6) is 0.799. The molecule has 0 saturated heterocycles. The summed E-state index contributed by atoms with van der Waals surface area (Å²) in [5.41, 5.74) is 0.681. The third-order valence-corrected chi connectivity index (χ3v) is 3.39. The molecule has 0 aliphatic rings. The van der Waals surface area contributed by atoms with Crippen LogP contribution in [0.2, 0.25) is 0 Å². The molecule has 5 heteroatoms. The summed E-state index contributed by atoms with van der Waals surface area (Å²) in [6.45, 7) is 2.08. The van der Waals surface area contributed by atoms with Crippen molar-refractivity contribution in [3.63, 3.8) is 0 Å². The number of nitrogens with one attached hydrogen (secondary N) is 1. The number of aryl methyl sites for hydroxylation is 1. The Morgan fingerprint density at radius 3 is 2.90 bits per heavy atom. The average Bonchev–Trinajstić information content (AvgIpc) is 2.83. The molecule has 0 saturated carbocycles. The number of carbonyl (C=O) groups excluding carboxylic acids is 1. The van der Waals surface area contributed by atoms with Crippen molar-refractivity contribution in [2.75, 3.05) is 0 Å². The normalized spacial score (nSPS) is 10.9. The number of furan rings is 1. The van der Waals surface area contributed by atoms with Crippen LogP contribution in [0.3, 0.4) is 0 Å². The van der Waals surface area contributed by atoms with E-state index < -0.39 is 0 Å². The Hall–Kier alpha value is -1.88. The quantitative estimate of drug-likeness (QED) is 0.861. The summed E-state index contributed by atoms with van der Waals surface area (Å²) in [7, 11) is 0. The van der Waals surface area contributed by atoms with E-state index in [4.69, 9.17) is 4.42 Å². The first kappa shape index (κ1) is 14.5. The largest absolute Gasteiger partial charge is 0.462 e. The number of hydrogen-bond acceptors (Lipinski definition) is 2. The molecule has 1 aromatic heterocycles. The topological polar surface area (TPSA) is 42.2 Å². The number of carbonyl (C=O) groups is 1. The van der Waals surface area contributed by atoms with Crippen molar-refractivity contribution in [2.24, 2.45) is 0 Å². The minimum atomic E-state index is -0.334. The van der Waals surface area contributed by atoms with Gasteiger partial charge in [-0.3, -0.25) is 4.79 Å². The monoisotopic (exact) mass is 337 g/mol. The van der Waals surface area contributed by atoms with E-state index in [1.54, 1.807) is 18.2 Å². The molecule has 0 unspecified atom stereocenters. The highest BCUT2D eigenvalue weighted by atomic mass is 79.9. The number of amides is 1. The lowest BCUT2D eigenvalue weighted by atomic mass is 10.2. The Kier molecular flexibility index (Phi) is 4.74. The Bertz CT molecular complexity index is 649. The summed E-state index contributed by atoms with van der Waals surface area (Å²) < 4.78 is 19.1. The summed E-state index contributed by atoms with van der Waals surface area (Å²) in [6, 6.07) is 7.94. The van der Waals surface area contributed by atoms with Crippen LogP contribution in [0.15, 0.2) is 45.3 Å². The fourth-order valence-electron chi connectivity index (χ4n) is 1.62. The lowest BCUT2D eigenvalue weighted by Crippen LogP contribution is -2.20. The van der Waals surface area contributed by atoms with Crippen LogP contribution in [-0.2, 0) is 11.3 Å². The molecule has 2 rings (SSSR count). The van der Waals surface area contributed by atoms with E-state index in [0.717, 1.165) is 10.2 Å². The molecule has 0 fully saturated rings. The van der Waals surface area contributed by atoms with Gasteiger partial charge >= 0.3 is 0 Å². The van der Waals surface area contributed by atoms with Crippen molar-refractivity contribution in [1.82, 2.24) is 5.32 Å². The predicted molar refractivity (Wildman–Crippen MR) is 78.4 cm³/mol. The van der Waals surface area contributed by atoms with E-state index >= 15 is 0 Å². The summed E-state index contributed by atoms with van der Waals surface area (Å²) in [6.07, 6.45) is 2.97. The molecular formula is C15H13BrFNO2. The predicted octanol–water partition coefficient (Wildman–Crippen LogP) is 3.82. The Labute approximate surface area is 124 Å². The first-order valence-electron chi connectivity index (χ1n) is 6.01. The van der Waals surface area contributed by atoms with E-state index in [-0.39, 0.29) is 18.3 Å². The van der Waals surface area contributed by atoms with Crippen molar-refractivity contribution < 1.29 is 13.6 Å². The zero-order valence-electron chi connectivity index (χ0n) is 10.8. The highest BCUT2D eigenvalue weighted by molar-refractivity contribution is 9.10. The van der Waals surface area contributed by atoms with Gasteiger partial charge in [0.1, 0.15) is 17.3 Å². The molecule has 0 aliphatic carbocycles. The zero-order chi connectivity index (χ0) is 14.5. The highest BCUT2D eigenvalue weighted by Gasteiger charge is 2.03. The highest BCUT2D eigenvalue weighted by Crippen LogP contribution is 2.17. The molecule has 0 atom stereocenters. The fourth-order valence-corrected chi connectivity index (χ4v) is 2.01. The molecule has 0 aliphatic heterocycles. The van der Waals surface area contributed by atoms with Crippen molar-refractivity contribution in [3.05, 3.63) is 63.8 Å².